The molecule has 0 spiro atoms. The van der Waals surface area contributed by atoms with Gasteiger partial charge in [-0.2, -0.15) is 0 Å². The zero-order chi connectivity index (χ0) is 8.10. The molecule has 0 saturated carbocycles. The van der Waals surface area contributed by atoms with E-state index in [-0.39, 0.29) is 24.0 Å². The number of allylic oxidation sites excluding steroid dienone is 1. The molecule has 0 fully saturated rings. The van der Waals surface area contributed by atoms with Gasteiger partial charge in [-0.15, -0.1) is 24.0 Å². The molecule has 0 bridgehead atoms. The molecule has 0 aromatic carbocycles. The molecular weight excluding hydrogens is 265 g/mol. The smallest absolute Gasteiger partial charge is 0.188 e. The Bertz CT molecular complexity index is 177. The van der Waals surface area contributed by atoms with Gasteiger partial charge in [0.15, 0.2) is 5.96 Å². The molecule has 1 unspecified atom stereocenters. The van der Waals surface area contributed by atoms with E-state index in [9.17, 15) is 0 Å². The zero-order valence-electron chi connectivity index (χ0n) is 7.29. The van der Waals surface area contributed by atoms with Crippen LogP contribution < -0.4 is 11.1 Å². The molecule has 0 aromatic heterocycles. The van der Waals surface area contributed by atoms with Crippen LogP contribution in [0.1, 0.15) is 19.3 Å². The van der Waals surface area contributed by atoms with Gasteiger partial charge in [0.05, 0.1) is 0 Å². The molecule has 70 valence electrons. The fourth-order valence-corrected chi connectivity index (χ4v) is 1.19. The van der Waals surface area contributed by atoms with Gasteiger partial charge in [0, 0.05) is 13.1 Å². The average Bonchev–Trinajstić information content (AvgIpc) is 2.06. The van der Waals surface area contributed by atoms with Crippen LogP contribution in [0.3, 0.4) is 0 Å². The molecule has 4 heteroatoms. The Kier molecular flexibility index (Phi) is 6.14. The van der Waals surface area contributed by atoms with Crippen molar-refractivity contribution in [1.82, 2.24) is 5.32 Å². The minimum Gasteiger partial charge on any atom is -0.370 e. The summed E-state index contributed by atoms with van der Waals surface area (Å²) in [6, 6.07) is 0.396. The van der Waals surface area contributed by atoms with Crippen LogP contribution in [0.2, 0.25) is 0 Å². The average molecular weight is 281 g/mol. The second kappa shape index (κ2) is 6.28. The normalized spacial score (nSPS) is 23.1. The molecule has 1 atom stereocenters. The largest absolute Gasteiger partial charge is 0.370 e. The van der Waals surface area contributed by atoms with E-state index >= 15 is 0 Å². The van der Waals surface area contributed by atoms with Crippen molar-refractivity contribution < 1.29 is 0 Å². The van der Waals surface area contributed by atoms with Crippen LogP contribution in [0.15, 0.2) is 17.1 Å². The Balaban J connectivity index is 0.00000121. The molecule has 3 nitrogen and oxygen atoms in total. The Morgan fingerprint density at radius 1 is 1.67 bits per heavy atom. The lowest BCUT2D eigenvalue weighted by molar-refractivity contribution is 0.598. The quantitative estimate of drug-likeness (QED) is 0.329. The summed E-state index contributed by atoms with van der Waals surface area (Å²) in [5, 5.41) is 3.11. The first-order valence-corrected chi connectivity index (χ1v) is 3.98. The summed E-state index contributed by atoms with van der Waals surface area (Å²) >= 11 is 0. The van der Waals surface area contributed by atoms with Gasteiger partial charge in [-0.05, 0) is 19.3 Å². The number of guanidine groups is 1. The third-order valence-corrected chi connectivity index (χ3v) is 1.83. The van der Waals surface area contributed by atoms with Crippen LogP contribution in [0.5, 0.6) is 0 Å². The zero-order valence-corrected chi connectivity index (χ0v) is 9.62. The molecule has 0 aromatic rings. The van der Waals surface area contributed by atoms with E-state index in [0.29, 0.717) is 12.0 Å². The van der Waals surface area contributed by atoms with Crippen molar-refractivity contribution in [3.63, 3.8) is 0 Å². The molecule has 0 heterocycles. The predicted octanol–water partition coefficient (Wildman–Crippen LogP) is 1.25. The van der Waals surface area contributed by atoms with Gasteiger partial charge in [-0.25, -0.2) is 0 Å². The summed E-state index contributed by atoms with van der Waals surface area (Å²) in [6.07, 6.45) is 7.94. The molecule has 0 aliphatic heterocycles. The highest BCUT2D eigenvalue weighted by atomic mass is 127. The lowest BCUT2D eigenvalue weighted by atomic mass is 10.0. The van der Waals surface area contributed by atoms with Crippen LogP contribution >= 0.6 is 24.0 Å². The third-order valence-electron chi connectivity index (χ3n) is 1.83. The summed E-state index contributed by atoms with van der Waals surface area (Å²) in [5.74, 6) is 0.529. The van der Waals surface area contributed by atoms with E-state index in [1.54, 1.807) is 7.05 Å². The Labute approximate surface area is 90.5 Å². The Morgan fingerprint density at radius 3 is 2.92 bits per heavy atom. The van der Waals surface area contributed by atoms with E-state index in [0.717, 1.165) is 6.42 Å². The number of rotatable bonds is 1. The summed E-state index contributed by atoms with van der Waals surface area (Å²) < 4.78 is 0. The van der Waals surface area contributed by atoms with Crippen molar-refractivity contribution in [2.45, 2.75) is 25.3 Å². The van der Waals surface area contributed by atoms with Crippen LogP contribution in [-0.2, 0) is 0 Å². The van der Waals surface area contributed by atoms with E-state index in [2.05, 4.69) is 22.5 Å². The number of hydrogen-bond donors (Lipinski definition) is 2. The van der Waals surface area contributed by atoms with Crippen molar-refractivity contribution in [3.05, 3.63) is 12.2 Å². The van der Waals surface area contributed by atoms with Crippen molar-refractivity contribution in [1.29, 1.82) is 0 Å². The Hall–Kier alpha value is -0.260. The van der Waals surface area contributed by atoms with E-state index in [1.165, 1.54) is 12.8 Å². The van der Waals surface area contributed by atoms with Gasteiger partial charge in [0.25, 0.3) is 0 Å². The van der Waals surface area contributed by atoms with E-state index in [1.807, 2.05) is 0 Å². The molecule has 3 N–H and O–H groups in total. The first-order chi connectivity index (χ1) is 5.33. The third kappa shape index (κ3) is 3.94. The maximum Gasteiger partial charge on any atom is 0.188 e. The molecule has 12 heavy (non-hydrogen) atoms. The van der Waals surface area contributed by atoms with Gasteiger partial charge in [-0.1, -0.05) is 12.2 Å². The highest BCUT2D eigenvalue weighted by molar-refractivity contribution is 14.0. The molecule has 1 rings (SSSR count). The number of aliphatic imine (C=N–C) groups is 1. The lowest BCUT2D eigenvalue weighted by Crippen LogP contribution is -2.39. The molecule has 1 aliphatic rings. The van der Waals surface area contributed by atoms with Crippen LogP contribution in [0.4, 0.5) is 0 Å². The molecule has 1 aliphatic carbocycles. The molecule has 0 amide bonds. The maximum atomic E-state index is 5.51. The van der Waals surface area contributed by atoms with Crippen LogP contribution in [-0.4, -0.2) is 19.0 Å². The van der Waals surface area contributed by atoms with Gasteiger partial charge in [-0.3, -0.25) is 4.99 Å². The topological polar surface area (TPSA) is 50.4 Å². The minimum atomic E-state index is 0. The van der Waals surface area contributed by atoms with Crippen molar-refractivity contribution in [2.24, 2.45) is 10.7 Å². The van der Waals surface area contributed by atoms with Crippen molar-refractivity contribution in [2.75, 3.05) is 7.05 Å². The van der Waals surface area contributed by atoms with Crippen molar-refractivity contribution in [3.8, 4) is 0 Å². The first kappa shape index (κ1) is 11.7. The Morgan fingerprint density at radius 2 is 2.42 bits per heavy atom. The van der Waals surface area contributed by atoms with Crippen LogP contribution in [0.25, 0.3) is 0 Å². The summed E-state index contributed by atoms with van der Waals surface area (Å²) in [4.78, 5) is 3.83. The fraction of sp³-hybridized carbons (Fsp3) is 0.625. The summed E-state index contributed by atoms with van der Waals surface area (Å²) in [6.45, 7) is 0. The number of nitrogens with two attached hydrogens (primary N) is 1. The van der Waals surface area contributed by atoms with Crippen LogP contribution in [0, 0.1) is 0 Å². The highest BCUT2D eigenvalue weighted by Gasteiger charge is 2.07. The standard InChI is InChI=1S/C8H15N3.HI/c1-10-8(9)11-7-5-3-2-4-6-7;/h3,5,7H,2,4,6H2,1H3,(H3,9,10,11);1H. The second-order valence-electron chi connectivity index (χ2n) is 2.72. The molecular formula is C8H16IN3. The first-order valence-electron chi connectivity index (χ1n) is 3.98. The SMILES string of the molecule is CN=C(N)NC1C=CCCC1.I. The number of nitrogens with one attached hydrogen (secondary N) is 1. The molecule has 0 radical (unpaired) electrons. The van der Waals surface area contributed by atoms with Gasteiger partial charge >= 0.3 is 0 Å². The monoisotopic (exact) mass is 281 g/mol. The summed E-state index contributed by atoms with van der Waals surface area (Å²) in [7, 11) is 1.69. The number of halogens is 1. The highest BCUT2D eigenvalue weighted by Crippen LogP contribution is 2.09. The van der Waals surface area contributed by atoms with E-state index in [4.69, 9.17) is 5.73 Å². The lowest BCUT2D eigenvalue weighted by Gasteiger charge is -2.17. The number of nitrogens with zero attached hydrogens (tertiary/aromatic N) is 1. The predicted molar refractivity (Wildman–Crippen MR) is 62.9 cm³/mol. The van der Waals surface area contributed by atoms with Gasteiger partial charge in [0.1, 0.15) is 0 Å². The summed E-state index contributed by atoms with van der Waals surface area (Å²) in [5.41, 5.74) is 5.51. The van der Waals surface area contributed by atoms with Gasteiger partial charge in [0.2, 0.25) is 0 Å². The molecule has 0 saturated heterocycles. The van der Waals surface area contributed by atoms with Crippen molar-refractivity contribution >= 4 is 29.9 Å². The van der Waals surface area contributed by atoms with Gasteiger partial charge < -0.3 is 11.1 Å². The second-order valence-corrected chi connectivity index (χ2v) is 2.72. The maximum absolute atomic E-state index is 5.51. The minimum absolute atomic E-state index is 0. The number of hydrogen-bond acceptors (Lipinski definition) is 1. The van der Waals surface area contributed by atoms with E-state index < -0.39 is 0 Å². The fourth-order valence-electron chi connectivity index (χ4n) is 1.19.